The van der Waals surface area contributed by atoms with Crippen LogP contribution in [0.15, 0.2) is 48.5 Å². The molecular formula is C21H21ClN2O3S. The number of rotatable bonds is 3. The first kappa shape index (κ1) is 19.2. The van der Waals surface area contributed by atoms with E-state index in [0.29, 0.717) is 35.2 Å². The fourth-order valence-electron chi connectivity index (χ4n) is 3.89. The summed E-state index contributed by atoms with van der Waals surface area (Å²) in [6.07, 6.45) is 1.48. The topological polar surface area (TPSA) is 49.9 Å². The predicted octanol–water partition coefficient (Wildman–Crippen LogP) is 4.06. The molecule has 2 amide bonds. The van der Waals surface area contributed by atoms with Gasteiger partial charge in [0.1, 0.15) is 5.75 Å². The lowest BCUT2D eigenvalue weighted by molar-refractivity contribution is -0.116. The number of halogens is 1. The van der Waals surface area contributed by atoms with E-state index in [1.165, 1.54) is 0 Å². The average molecular weight is 417 g/mol. The fourth-order valence-corrected chi connectivity index (χ4v) is 5.34. The van der Waals surface area contributed by atoms with Crippen LogP contribution in [0.5, 0.6) is 5.75 Å². The minimum absolute atomic E-state index is 0.00103. The standard InChI is InChI=1S/C21H21ClN2O3S/c1-27-18-4-2-3-15(13-18)20(26)23-11-9-21(10-12-23)24(19(25)14-28-21)17-7-5-16(22)6-8-17/h2-8,13H,9-12,14H2,1H3. The largest absolute Gasteiger partial charge is 0.497 e. The van der Waals surface area contributed by atoms with Crippen LogP contribution in [0, 0.1) is 0 Å². The number of nitrogens with zero attached hydrogens (tertiary/aromatic N) is 2. The Morgan fingerprint density at radius 3 is 2.54 bits per heavy atom. The van der Waals surface area contributed by atoms with Gasteiger partial charge in [0.15, 0.2) is 0 Å². The van der Waals surface area contributed by atoms with Gasteiger partial charge in [-0.1, -0.05) is 17.7 Å². The number of thioether (sulfide) groups is 1. The van der Waals surface area contributed by atoms with Gasteiger partial charge in [-0.25, -0.2) is 0 Å². The smallest absolute Gasteiger partial charge is 0.253 e. The van der Waals surface area contributed by atoms with E-state index in [1.807, 2.05) is 52.3 Å². The third-order valence-electron chi connectivity index (χ3n) is 5.35. The number of carbonyl (C=O) groups excluding carboxylic acids is 2. The maximum absolute atomic E-state index is 12.9. The van der Waals surface area contributed by atoms with Gasteiger partial charge in [-0.3, -0.25) is 14.5 Å². The van der Waals surface area contributed by atoms with Gasteiger partial charge in [-0.15, -0.1) is 11.8 Å². The van der Waals surface area contributed by atoms with E-state index < -0.39 is 0 Å². The monoisotopic (exact) mass is 416 g/mol. The summed E-state index contributed by atoms with van der Waals surface area (Å²) in [5.74, 6) is 1.25. The molecule has 0 saturated carbocycles. The van der Waals surface area contributed by atoms with Gasteiger partial charge >= 0.3 is 0 Å². The van der Waals surface area contributed by atoms with Crippen LogP contribution in [0.25, 0.3) is 0 Å². The second kappa shape index (κ2) is 7.68. The van der Waals surface area contributed by atoms with Gasteiger partial charge in [0.05, 0.1) is 17.7 Å². The van der Waals surface area contributed by atoms with Crippen LogP contribution < -0.4 is 9.64 Å². The van der Waals surface area contributed by atoms with Gasteiger partial charge in [0.25, 0.3) is 5.91 Å². The molecule has 2 saturated heterocycles. The zero-order valence-corrected chi connectivity index (χ0v) is 17.1. The number of anilines is 1. The number of amides is 2. The Balaban J connectivity index is 1.51. The molecule has 0 bridgehead atoms. The quantitative estimate of drug-likeness (QED) is 0.757. The maximum atomic E-state index is 12.9. The number of carbonyl (C=O) groups is 2. The highest BCUT2D eigenvalue weighted by Crippen LogP contribution is 2.47. The van der Waals surface area contributed by atoms with Crippen molar-refractivity contribution in [1.29, 1.82) is 0 Å². The van der Waals surface area contributed by atoms with Crippen molar-refractivity contribution >= 4 is 40.9 Å². The molecule has 0 aliphatic carbocycles. The van der Waals surface area contributed by atoms with Gasteiger partial charge < -0.3 is 9.64 Å². The van der Waals surface area contributed by atoms with Crippen LogP contribution in [0.3, 0.4) is 0 Å². The van der Waals surface area contributed by atoms with Crippen molar-refractivity contribution in [3.05, 3.63) is 59.1 Å². The Morgan fingerprint density at radius 1 is 1.14 bits per heavy atom. The van der Waals surface area contributed by atoms with Crippen molar-refractivity contribution in [3.8, 4) is 5.75 Å². The van der Waals surface area contributed by atoms with Crippen LogP contribution in [-0.2, 0) is 4.79 Å². The molecule has 0 aromatic heterocycles. The van der Waals surface area contributed by atoms with E-state index in [9.17, 15) is 9.59 Å². The Hall–Kier alpha value is -2.18. The number of ether oxygens (including phenoxy) is 1. The molecule has 0 atom stereocenters. The summed E-state index contributed by atoms with van der Waals surface area (Å²) in [5.41, 5.74) is 1.49. The maximum Gasteiger partial charge on any atom is 0.253 e. The summed E-state index contributed by atoms with van der Waals surface area (Å²) in [6.45, 7) is 1.22. The third-order valence-corrected chi connectivity index (χ3v) is 7.13. The molecule has 2 aromatic carbocycles. The van der Waals surface area contributed by atoms with E-state index >= 15 is 0 Å². The lowest BCUT2D eigenvalue weighted by Gasteiger charge is -2.44. The van der Waals surface area contributed by atoms with Gasteiger partial charge in [0, 0.05) is 29.4 Å². The number of benzene rings is 2. The first-order valence-corrected chi connectivity index (χ1v) is 10.5. The molecule has 7 heteroatoms. The second-order valence-corrected chi connectivity index (χ2v) is 8.74. The average Bonchev–Trinajstić information content (AvgIpc) is 3.04. The van der Waals surface area contributed by atoms with Gasteiger partial charge in [0.2, 0.25) is 5.91 Å². The number of piperidine rings is 1. The Bertz CT molecular complexity index is 895. The molecule has 2 heterocycles. The predicted molar refractivity (Wildman–Crippen MR) is 112 cm³/mol. The van der Waals surface area contributed by atoms with Crippen molar-refractivity contribution in [1.82, 2.24) is 4.90 Å². The highest BCUT2D eigenvalue weighted by atomic mass is 35.5. The van der Waals surface area contributed by atoms with Crippen molar-refractivity contribution in [2.24, 2.45) is 0 Å². The molecule has 0 unspecified atom stereocenters. The van der Waals surface area contributed by atoms with E-state index in [1.54, 1.807) is 24.9 Å². The highest BCUT2D eigenvalue weighted by Gasteiger charge is 2.49. The highest BCUT2D eigenvalue weighted by molar-refractivity contribution is 8.02. The second-order valence-electron chi connectivity index (χ2n) is 6.96. The van der Waals surface area contributed by atoms with Crippen molar-refractivity contribution in [3.63, 3.8) is 0 Å². The van der Waals surface area contributed by atoms with Crippen molar-refractivity contribution in [2.75, 3.05) is 30.9 Å². The molecule has 28 heavy (non-hydrogen) atoms. The van der Waals surface area contributed by atoms with E-state index in [0.717, 1.165) is 18.5 Å². The Morgan fingerprint density at radius 2 is 1.86 bits per heavy atom. The normalized spacial score (nSPS) is 18.6. The minimum atomic E-state index is -0.296. The molecule has 2 aliphatic heterocycles. The lowest BCUT2D eigenvalue weighted by atomic mass is 10.00. The van der Waals surface area contributed by atoms with Crippen molar-refractivity contribution < 1.29 is 14.3 Å². The number of hydrogen-bond acceptors (Lipinski definition) is 4. The fraction of sp³-hybridized carbons (Fsp3) is 0.333. The van der Waals surface area contributed by atoms with E-state index in [4.69, 9.17) is 16.3 Å². The number of hydrogen-bond donors (Lipinski definition) is 0. The zero-order valence-electron chi connectivity index (χ0n) is 15.6. The van der Waals surface area contributed by atoms with Crippen LogP contribution >= 0.6 is 23.4 Å². The molecular weight excluding hydrogens is 396 g/mol. The first-order valence-electron chi connectivity index (χ1n) is 9.18. The minimum Gasteiger partial charge on any atom is -0.497 e. The van der Waals surface area contributed by atoms with Crippen LogP contribution in [-0.4, -0.2) is 47.5 Å². The third kappa shape index (κ3) is 3.47. The van der Waals surface area contributed by atoms with E-state index in [-0.39, 0.29) is 16.7 Å². The summed E-state index contributed by atoms with van der Waals surface area (Å²) in [4.78, 5) is 29.0. The van der Waals surface area contributed by atoms with Crippen LogP contribution in [0.2, 0.25) is 5.02 Å². The molecule has 4 rings (SSSR count). The summed E-state index contributed by atoms with van der Waals surface area (Å²) in [6, 6.07) is 14.6. The molecule has 146 valence electrons. The molecule has 1 spiro atoms. The van der Waals surface area contributed by atoms with Crippen LogP contribution in [0.4, 0.5) is 5.69 Å². The number of methoxy groups -OCH3 is 1. The number of likely N-dealkylation sites (tertiary alicyclic amines) is 1. The van der Waals surface area contributed by atoms with E-state index in [2.05, 4.69) is 0 Å². The van der Waals surface area contributed by atoms with Gasteiger partial charge in [-0.05, 0) is 55.3 Å². The summed E-state index contributed by atoms with van der Waals surface area (Å²) < 4.78 is 5.22. The molecule has 2 aliphatic rings. The SMILES string of the molecule is COc1cccc(C(=O)N2CCC3(CC2)SCC(=O)N3c2ccc(Cl)cc2)c1. The molecule has 2 aromatic rings. The van der Waals surface area contributed by atoms with Crippen LogP contribution in [0.1, 0.15) is 23.2 Å². The molecule has 2 fully saturated rings. The van der Waals surface area contributed by atoms with Gasteiger partial charge in [-0.2, -0.15) is 0 Å². The first-order chi connectivity index (χ1) is 13.5. The molecule has 0 radical (unpaired) electrons. The summed E-state index contributed by atoms with van der Waals surface area (Å²) in [5, 5.41) is 0.649. The lowest BCUT2D eigenvalue weighted by Crippen LogP contribution is -2.53. The molecule has 0 N–H and O–H groups in total. The van der Waals surface area contributed by atoms with Crippen molar-refractivity contribution in [2.45, 2.75) is 17.7 Å². The summed E-state index contributed by atoms with van der Waals surface area (Å²) in [7, 11) is 1.59. The zero-order chi connectivity index (χ0) is 19.7. The molecule has 5 nitrogen and oxygen atoms in total. The summed E-state index contributed by atoms with van der Waals surface area (Å²) >= 11 is 7.69. The Labute approximate surface area is 173 Å². The Kier molecular flexibility index (Phi) is 5.25.